The summed E-state index contributed by atoms with van der Waals surface area (Å²) in [4.78, 5) is 24.4. The Labute approximate surface area is 167 Å². The zero-order valence-electron chi connectivity index (χ0n) is 16.6. The van der Waals surface area contributed by atoms with E-state index in [1.165, 1.54) is 6.92 Å². The van der Waals surface area contributed by atoms with Crippen molar-refractivity contribution in [3.05, 3.63) is 47.3 Å². The van der Waals surface area contributed by atoms with Crippen LogP contribution in [-0.4, -0.2) is 58.9 Å². The summed E-state index contributed by atoms with van der Waals surface area (Å²) in [5.74, 6) is 0.0192. The molecule has 1 fully saturated rings. The molecule has 156 valence electrons. The highest BCUT2D eigenvalue weighted by molar-refractivity contribution is 5.94. The number of likely N-dealkylation sites (tertiary alicyclic amines) is 1. The van der Waals surface area contributed by atoms with Crippen LogP contribution in [0.2, 0.25) is 0 Å². The summed E-state index contributed by atoms with van der Waals surface area (Å²) in [5, 5.41) is 2.87. The van der Waals surface area contributed by atoms with Crippen LogP contribution in [0, 0.1) is 6.92 Å². The van der Waals surface area contributed by atoms with Crippen molar-refractivity contribution in [1.29, 1.82) is 0 Å². The molecule has 0 bridgehead atoms. The Morgan fingerprint density at radius 2 is 1.83 bits per heavy atom. The van der Waals surface area contributed by atoms with E-state index in [-0.39, 0.29) is 23.6 Å². The summed E-state index contributed by atoms with van der Waals surface area (Å²) in [6.45, 7) is 3.23. The lowest BCUT2D eigenvalue weighted by atomic mass is 10.0. The Morgan fingerprint density at radius 3 is 2.38 bits per heavy atom. The number of nitrogens with one attached hydrogen (secondary N) is 1. The smallest absolute Gasteiger partial charge is 0.339 e. The van der Waals surface area contributed by atoms with Gasteiger partial charge in [0.15, 0.2) is 0 Å². The van der Waals surface area contributed by atoms with Crippen molar-refractivity contribution >= 4 is 17.5 Å². The second-order valence-electron chi connectivity index (χ2n) is 7.34. The molecule has 1 aliphatic rings. The van der Waals surface area contributed by atoms with Crippen molar-refractivity contribution in [3.8, 4) is 0 Å². The number of aryl methyl sites for hydroxylation is 1. The fourth-order valence-corrected chi connectivity index (χ4v) is 3.38. The SMILES string of the molecule is Cc1nc(Nc2ccc(C(=O)N(C)C3CCN(C)CC3)cc2)ncc1C(F)(F)F. The first-order valence-electron chi connectivity index (χ1n) is 9.39. The van der Waals surface area contributed by atoms with Crippen molar-refractivity contribution in [1.82, 2.24) is 19.8 Å². The highest BCUT2D eigenvalue weighted by Crippen LogP contribution is 2.31. The minimum absolute atomic E-state index is 0.0484. The number of aromatic nitrogens is 2. The van der Waals surface area contributed by atoms with Gasteiger partial charge in [-0.05, 0) is 64.2 Å². The van der Waals surface area contributed by atoms with E-state index in [1.54, 1.807) is 29.2 Å². The molecule has 2 heterocycles. The number of carbonyl (C=O) groups is 1. The Hall–Kier alpha value is -2.68. The molecule has 0 spiro atoms. The van der Waals surface area contributed by atoms with Crippen molar-refractivity contribution in [2.75, 3.05) is 32.5 Å². The van der Waals surface area contributed by atoms with Crippen LogP contribution >= 0.6 is 0 Å². The van der Waals surface area contributed by atoms with Crippen LogP contribution in [0.15, 0.2) is 30.5 Å². The summed E-state index contributed by atoms with van der Waals surface area (Å²) in [6, 6.07) is 6.97. The van der Waals surface area contributed by atoms with Crippen molar-refractivity contribution in [2.45, 2.75) is 32.0 Å². The number of anilines is 2. The molecule has 1 amide bonds. The van der Waals surface area contributed by atoms with Gasteiger partial charge in [-0.3, -0.25) is 4.79 Å². The van der Waals surface area contributed by atoms with Crippen LogP contribution in [0.5, 0.6) is 0 Å². The zero-order valence-corrected chi connectivity index (χ0v) is 16.6. The first-order chi connectivity index (χ1) is 13.6. The van der Waals surface area contributed by atoms with E-state index < -0.39 is 11.7 Å². The van der Waals surface area contributed by atoms with Gasteiger partial charge in [-0.2, -0.15) is 13.2 Å². The maximum Gasteiger partial charge on any atom is 0.419 e. The summed E-state index contributed by atoms with van der Waals surface area (Å²) in [5.41, 5.74) is 0.131. The molecule has 2 aromatic rings. The van der Waals surface area contributed by atoms with Gasteiger partial charge in [-0.25, -0.2) is 9.97 Å². The minimum atomic E-state index is -4.48. The van der Waals surface area contributed by atoms with E-state index in [0.717, 1.165) is 32.1 Å². The predicted molar refractivity (Wildman–Crippen MR) is 104 cm³/mol. The number of halogens is 3. The first kappa shape index (κ1) is 21.0. The summed E-state index contributed by atoms with van der Waals surface area (Å²) < 4.78 is 38.4. The molecule has 0 radical (unpaired) electrons. The number of rotatable bonds is 4. The maximum absolute atomic E-state index is 12.8. The van der Waals surface area contributed by atoms with Gasteiger partial charge < -0.3 is 15.1 Å². The molecular weight excluding hydrogens is 383 g/mol. The topological polar surface area (TPSA) is 61.4 Å². The molecular formula is C20H24F3N5O. The quantitative estimate of drug-likeness (QED) is 0.837. The number of nitrogens with zero attached hydrogens (tertiary/aromatic N) is 4. The first-order valence-corrected chi connectivity index (χ1v) is 9.39. The number of alkyl halides is 3. The fourth-order valence-electron chi connectivity index (χ4n) is 3.38. The van der Waals surface area contributed by atoms with Crippen LogP contribution in [0.25, 0.3) is 0 Å². The molecule has 1 N–H and O–H groups in total. The van der Waals surface area contributed by atoms with Gasteiger partial charge >= 0.3 is 6.18 Å². The molecule has 3 rings (SSSR count). The molecule has 0 atom stereocenters. The Kier molecular flexibility index (Phi) is 6.07. The van der Waals surface area contributed by atoms with Crippen molar-refractivity contribution in [2.24, 2.45) is 0 Å². The standard InChI is InChI=1S/C20H24F3N5O/c1-13-17(20(21,22)23)12-24-19(25-13)26-15-6-4-14(5-7-15)18(29)28(3)16-8-10-27(2)11-9-16/h4-7,12,16H,8-11H2,1-3H3,(H,24,25,26). The van der Waals surface area contributed by atoms with Gasteiger partial charge in [0.25, 0.3) is 5.91 Å². The van der Waals surface area contributed by atoms with E-state index >= 15 is 0 Å². The summed E-state index contributed by atoms with van der Waals surface area (Å²) in [6.07, 6.45) is -1.82. The number of hydrogen-bond donors (Lipinski definition) is 1. The molecule has 6 nitrogen and oxygen atoms in total. The third kappa shape index (κ3) is 5.03. The molecule has 1 saturated heterocycles. The minimum Gasteiger partial charge on any atom is -0.339 e. The largest absolute Gasteiger partial charge is 0.419 e. The van der Waals surface area contributed by atoms with Gasteiger partial charge in [0.1, 0.15) is 0 Å². The molecule has 1 aromatic carbocycles. The summed E-state index contributed by atoms with van der Waals surface area (Å²) in [7, 11) is 3.90. The Morgan fingerprint density at radius 1 is 1.21 bits per heavy atom. The van der Waals surface area contributed by atoms with Crippen LogP contribution in [0.1, 0.15) is 34.5 Å². The number of benzene rings is 1. The third-order valence-electron chi connectivity index (χ3n) is 5.23. The molecule has 1 aliphatic heterocycles. The number of amides is 1. The monoisotopic (exact) mass is 407 g/mol. The van der Waals surface area contributed by atoms with Crippen LogP contribution in [0.4, 0.5) is 24.8 Å². The van der Waals surface area contributed by atoms with E-state index in [9.17, 15) is 18.0 Å². The Bertz CT molecular complexity index is 861. The molecule has 0 aliphatic carbocycles. The average molecular weight is 407 g/mol. The van der Waals surface area contributed by atoms with E-state index in [4.69, 9.17) is 0 Å². The highest BCUT2D eigenvalue weighted by Gasteiger charge is 2.33. The predicted octanol–water partition coefficient (Wildman–Crippen LogP) is 3.71. The van der Waals surface area contributed by atoms with Gasteiger partial charge in [-0.15, -0.1) is 0 Å². The van der Waals surface area contributed by atoms with Crippen LogP contribution in [-0.2, 0) is 6.18 Å². The molecule has 0 unspecified atom stereocenters. The lowest BCUT2D eigenvalue weighted by molar-refractivity contribution is -0.138. The van der Waals surface area contributed by atoms with Crippen LogP contribution in [0.3, 0.4) is 0 Å². The fraction of sp³-hybridized carbons (Fsp3) is 0.450. The lowest BCUT2D eigenvalue weighted by Gasteiger charge is -2.35. The normalized spacial score (nSPS) is 15.9. The van der Waals surface area contributed by atoms with Crippen LogP contribution < -0.4 is 5.32 Å². The third-order valence-corrected chi connectivity index (χ3v) is 5.23. The average Bonchev–Trinajstić information content (AvgIpc) is 2.67. The second kappa shape index (κ2) is 8.36. The Balaban J connectivity index is 1.65. The van der Waals surface area contributed by atoms with Crippen molar-refractivity contribution in [3.63, 3.8) is 0 Å². The summed E-state index contributed by atoms with van der Waals surface area (Å²) >= 11 is 0. The lowest BCUT2D eigenvalue weighted by Crippen LogP contribution is -2.44. The number of hydrogen-bond acceptors (Lipinski definition) is 5. The molecule has 0 saturated carbocycles. The van der Waals surface area contributed by atoms with Gasteiger partial charge in [0.05, 0.1) is 11.3 Å². The molecule has 1 aromatic heterocycles. The van der Waals surface area contributed by atoms with Gasteiger partial charge in [0.2, 0.25) is 5.95 Å². The van der Waals surface area contributed by atoms with E-state index in [2.05, 4.69) is 27.2 Å². The highest BCUT2D eigenvalue weighted by atomic mass is 19.4. The van der Waals surface area contributed by atoms with Crippen molar-refractivity contribution < 1.29 is 18.0 Å². The van der Waals surface area contributed by atoms with Gasteiger partial charge in [0, 0.05) is 30.5 Å². The molecule has 29 heavy (non-hydrogen) atoms. The number of carbonyl (C=O) groups excluding carboxylic acids is 1. The maximum atomic E-state index is 12.8. The number of piperidine rings is 1. The van der Waals surface area contributed by atoms with E-state index in [1.807, 2.05) is 7.05 Å². The second-order valence-corrected chi connectivity index (χ2v) is 7.34. The zero-order chi connectivity index (χ0) is 21.2. The van der Waals surface area contributed by atoms with Gasteiger partial charge in [-0.1, -0.05) is 0 Å². The molecule has 9 heteroatoms. The van der Waals surface area contributed by atoms with E-state index in [0.29, 0.717) is 11.3 Å².